The first-order chi connectivity index (χ1) is 15.6. The Morgan fingerprint density at radius 2 is 1.44 bits per heavy atom. The molecule has 0 fully saturated rings. The third-order valence-electron chi connectivity index (χ3n) is 5.33. The van der Waals surface area contributed by atoms with Gasteiger partial charge in [-0.2, -0.15) is 0 Å². The van der Waals surface area contributed by atoms with Gasteiger partial charge in [-0.05, 0) is 35.7 Å². The third kappa shape index (κ3) is 6.45. The SMILES string of the molecule is CCNC(=O)[C@H](Cc1ccccc1)N(Cc1ccccc1)C(=O)Cc1ccc(OC)cc1. The molecule has 1 atom stereocenters. The molecule has 0 aliphatic carbocycles. The molecule has 0 saturated heterocycles. The minimum atomic E-state index is -0.608. The lowest BCUT2D eigenvalue weighted by Gasteiger charge is -2.31. The number of benzene rings is 3. The molecule has 3 rings (SSSR count). The van der Waals surface area contributed by atoms with Gasteiger partial charge in [0.1, 0.15) is 11.8 Å². The van der Waals surface area contributed by atoms with Gasteiger partial charge in [-0.15, -0.1) is 0 Å². The van der Waals surface area contributed by atoms with Crippen molar-refractivity contribution in [3.63, 3.8) is 0 Å². The zero-order chi connectivity index (χ0) is 22.8. The summed E-state index contributed by atoms with van der Waals surface area (Å²) in [6.45, 7) is 2.76. The molecule has 0 bridgehead atoms. The fourth-order valence-electron chi connectivity index (χ4n) is 3.65. The second-order valence-corrected chi connectivity index (χ2v) is 7.63. The van der Waals surface area contributed by atoms with E-state index in [9.17, 15) is 9.59 Å². The topological polar surface area (TPSA) is 58.6 Å². The van der Waals surface area contributed by atoms with Crippen molar-refractivity contribution in [1.82, 2.24) is 10.2 Å². The van der Waals surface area contributed by atoms with E-state index in [0.717, 1.165) is 22.4 Å². The minimum Gasteiger partial charge on any atom is -0.497 e. The number of hydrogen-bond donors (Lipinski definition) is 1. The van der Waals surface area contributed by atoms with Crippen LogP contribution in [0.25, 0.3) is 0 Å². The number of methoxy groups -OCH3 is 1. The van der Waals surface area contributed by atoms with Crippen LogP contribution in [0, 0.1) is 0 Å². The molecule has 2 amide bonds. The summed E-state index contributed by atoms with van der Waals surface area (Å²) in [6.07, 6.45) is 0.662. The van der Waals surface area contributed by atoms with Crippen LogP contribution in [0.2, 0.25) is 0 Å². The molecule has 0 unspecified atom stereocenters. The van der Waals surface area contributed by atoms with Gasteiger partial charge in [-0.3, -0.25) is 9.59 Å². The fourth-order valence-corrected chi connectivity index (χ4v) is 3.65. The van der Waals surface area contributed by atoms with E-state index in [2.05, 4.69) is 5.32 Å². The highest BCUT2D eigenvalue weighted by Gasteiger charge is 2.30. The third-order valence-corrected chi connectivity index (χ3v) is 5.33. The van der Waals surface area contributed by atoms with E-state index in [1.165, 1.54) is 0 Å². The molecular weight excluding hydrogens is 400 g/mol. The zero-order valence-electron chi connectivity index (χ0n) is 18.7. The normalized spacial score (nSPS) is 11.4. The van der Waals surface area contributed by atoms with E-state index in [1.807, 2.05) is 91.9 Å². The van der Waals surface area contributed by atoms with Crippen LogP contribution in [0.3, 0.4) is 0 Å². The molecular formula is C27H30N2O3. The largest absolute Gasteiger partial charge is 0.497 e. The highest BCUT2D eigenvalue weighted by atomic mass is 16.5. The van der Waals surface area contributed by atoms with Gasteiger partial charge in [0.15, 0.2) is 0 Å². The molecule has 1 N–H and O–H groups in total. The highest BCUT2D eigenvalue weighted by Crippen LogP contribution is 2.18. The van der Waals surface area contributed by atoms with Crippen molar-refractivity contribution in [2.75, 3.05) is 13.7 Å². The number of amides is 2. The molecule has 5 nitrogen and oxygen atoms in total. The first-order valence-corrected chi connectivity index (χ1v) is 10.9. The summed E-state index contributed by atoms with van der Waals surface area (Å²) in [5.41, 5.74) is 2.88. The van der Waals surface area contributed by atoms with Gasteiger partial charge < -0.3 is 15.0 Å². The molecule has 0 aromatic heterocycles. The standard InChI is InChI=1S/C27H30N2O3/c1-3-28-27(31)25(18-21-10-6-4-7-11-21)29(20-23-12-8-5-9-13-23)26(30)19-22-14-16-24(32-2)17-15-22/h4-17,25H,3,18-20H2,1-2H3,(H,28,31)/t25-/m0/s1. The average Bonchev–Trinajstić information content (AvgIpc) is 2.83. The molecule has 0 spiro atoms. The molecule has 0 radical (unpaired) electrons. The van der Waals surface area contributed by atoms with Crippen molar-refractivity contribution in [2.24, 2.45) is 0 Å². The van der Waals surface area contributed by atoms with Crippen molar-refractivity contribution >= 4 is 11.8 Å². The van der Waals surface area contributed by atoms with Crippen molar-refractivity contribution in [1.29, 1.82) is 0 Å². The molecule has 0 aliphatic heterocycles. The lowest BCUT2D eigenvalue weighted by atomic mass is 10.0. The lowest BCUT2D eigenvalue weighted by Crippen LogP contribution is -2.50. The second-order valence-electron chi connectivity index (χ2n) is 7.63. The van der Waals surface area contributed by atoms with E-state index in [1.54, 1.807) is 12.0 Å². The molecule has 5 heteroatoms. The van der Waals surface area contributed by atoms with Crippen LogP contribution in [-0.4, -0.2) is 36.4 Å². The molecule has 0 heterocycles. The first kappa shape index (κ1) is 23.1. The summed E-state index contributed by atoms with van der Waals surface area (Å²) in [7, 11) is 1.61. The van der Waals surface area contributed by atoms with Crippen molar-refractivity contribution < 1.29 is 14.3 Å². The summed E-state index contributed by atoms with van der Waals surface area (Å²) in [6, 6.07) is 26.5. The van der Waals surface area contributed by atoms with Crippen LogP contribution >= 0.6 is 0 Å². The summed E-state index contributed by atoms with van der Waals surface area (Å²) < 4.78 is 5.22. The molecule has 32 heavy (non-hydrogen) atoms. The number of likely N-dealkylation sites (N-methyl/N-ethyl adjacent to an activating group) is 1. The number of carbonyl (C=O) groups is 2. The van der Waals surface area contributed by atoms with E-state index >= 15 is 0 Å². The molecule has 3 aromatic carbocycles. The van der Waals surface area contributed by atoms with Crippen LogP contribution in [0.4, 0.5) is 0 Å². The Hall–Kier alpha value is -3.60. The summed E-state index contributed by atoms with van der Waals surface area (Å²) in [4.78, 5) is 28.3. The van der Waals surface area contributed by atoms with E-state index in [0.29, 0.717) is 19.5 Å². The summed E-state index contributed by atoms with van der Waals surface area (Å²) >= 11 is 0. The van der Waals surface area contributed by atoms with E-state index in [-0.39, 0.29) is 18.2 Å². The Bertz CT molecular complexity index is 988. The van der Waals surface area contributed by atoms with Crippen LogP contribution < -0.4 is 10.1 Å². The predicted molar refractivity (Wildman–Crippen MR) is 126 cm³/mol. The lowest BCUT2D eigenvalue weighted by molar-refractivity contribution is -0.140. The Kier molecular flexibility index (Phi) is 8.44. The maximum atomic E-state index is 13.5. The molecule has 0 aliphatic rings. The van der Waals surface area contributed by atoms with Crippen molar-refractivity contribution in [3.05, 3.63) is 102 Å². The number of hydrogen-bond acceptors (Lipinski definition) is 3. The van der Waals surface area contributed by atoms with Crippen LogP contribution in [0.15, 0.2) is 84.9 Å². The Morgan fingerprint density at radius 1 is 0.844 bits per heavy atom. The van der Waals surface area contributed by atoms with Crippen LogP contribution in [0.5, 0.6) is 5.75 Å². The summed E-state index contributed by atoms with van der Waals surface area (Å²) in [5.74, 6) is 0.508. The molecule has 166 valence electrons. The van der Waals surface area contributed by atoms with Gasteiger partial charge in [0, 0.05) is 19.5 Å². The Balaban J connectivity index is 1.91. The van der Waals surface area contributed by atoms with Gasteiger partial charge >= 0.3 is 0 Å². The summed E-state index contributed by atoms with van der Waals surface area (Å²) in [5, 5.41) is 2.92. The van der Waals surface area contributed by atoms with Crippen LogP contribution in [0.1, 0.15) is 23.6 Å². The van der Waals surface area contributed by atoms with Gasteiger partial charge in [0.2, 0.25) is 11.8 Å². The molecule has 0 saturated carbocycles. The Morgan fingerprint density at radius 3 is 2.00 bits per heavy atom. The maximum Gasteiger partial charge on any atom is 0.243 e. The Labute approximate surface area is 190 Å². The number of carbonyl (C=O) groups excluding carboxylic acids is 2. The maximum absolute atomic E-state index is 13.5. The average molecular weight is 431 g/mol. The highest BCUT2D eigenvalue weighted by molar-refractivity contribution is 5.88. The number of nitrogens with one attached hydrogen (secondary N) is 1. The van der Waals surface area contributed by atoms with Crippen molar-refractivity contribution in [2.45, 2.75) is 32.4 Å². The van der Waals surface area contributed by atoms with Crippen LogP contribution in [-0.2, 0) is 29.0 Å². The van der Waals surface area contributed by atoms with Crippen molar-refractivity contribution in [3.8, 4) is 5.75 Å². The molecule has 3 aromatic rings. The van der Waals surface area contributed by atoms with E-state index in [4.69, 9.17) is 4.74 Å². The zero-order valence-corrected chi connectivity index (χ0v) is 18.7. The quantitative estimate of drug-likeness (QED) is 0.529. The second kappa shape index (κ2) is 11.7. The number of nitrogens with zero attached hydrogens (tertiary/aromatic N) is 1. The smallest absolute Gasteiger partial charge is 0.243 e. The first-order valence-electron chi connectivity index (χ1n) is 10.9. The monoisotopic (exact) mass is 430 g/mol. The number of ether oxygens (including phenoxy) is 1. The number of rotatable bonds is 10. The minimum absolute atomic E-state index is 0.0915. The van der Waals surface area contributed by atoms with Gasteiger partial charge in [-0.25, -0.2) is 0 Å². The van der Waals surface area contributed by atoms with Gasteiger partial charge in [0.05, 0.1) is 13.5 Å². The predicted octanol–water partition coefficient (Wildman–Crippen LogP) is 4.01. The van der Waals surface area contributed by atoms with E-state index < -0.39 is 6.04 Å². The fraction of sp³-hybridized carbons (Fsp3) is 0.259. The van der Waals surface area contributed by atoms with Gasteiger partial charge in [-0.1, -0.05) is 72.8 Å². The van der Waals surface area contributed by atoms with Gasteiger partial charge in [0.25, 0.3) is 0 Å².